The van der Waals surface area contributed by atoms with Gasteiger partial charge in [0.05, 0.1) is 6.20 Å². The molecule has 0 bridgehead atoms. The molecule has 2 heterocycles. The topological polar surface area (TPSA) is 49.2 Å². The number of hydrogen-bond acceptors (Lipinski definition) is 2. The molecule has 20 heavy (non-hydrogen) atoms. The van der Waals surface area contributed by atoms with E-state index in [2.05, 4.69) is 0 Å². The van der Waals surface area contributed by atoms with Crippen molar-refractivity contribution in [1.29, 1.82) is 0 Å². The molecule has 1 aromatic carbocycles. The van der Waals surface area contributed by atoms with Gasteiger partial charge in [-0.15, -0.1) is 0 Å². The molecule has 0 aliphatic carbocycles. The third-order valence-corrected chi connectivity index (χ3v) is 3.32. The average Bonchev–Trinajstić information content (AvgIpc) is 2.74. The Kier molecular flexibility index (Phi) is 2.99. The zero-order chi connectivity index (χ0) is 14.1. The van der Waals surface area contributed by atoms with Gasteiger partial charge in [0.15, 0.2) is 0 Å². The molecule has 0 unspecified atom stereocenters. The van der Waals surface area contributed by atoms with E-state index in [9.17, 15) is 9.90 Å². The first-order valence-corrected chi connectivity index (χ1v) is 6.43. The highest BCUT2D eigenvalue weighted by atomic mass is 16.3. The maximum Gasteiger partial charge on any atom is 0.286 e. The highest BCUT2D eigenvalue weighted by Crippen LogP contribution is 2.17. The Labute approximate surface area is 116 Å². The predicted molar refractivity (Wildman–Crippen MR) is 72.6 cm³/mol. The number of benzene rings is 1. The molecule has 0 N–H and O–H groups in total. The van der Waals surface area contributed by atoms with Crippen LogP contribution in [-0.2, 0) is 6.54 Å². The minimum absolute atomic E-state index is 0.213. The number of pyridine rings is 1. The van der Waals surface area contributed by atoms with Crippen molar-refractivity contribution in [2.24, 2.45) is 0 Å². The second-order valence-electron chi connectivity index (χ2n) is 4.71. The van der Waals surface area contributed by atoms with Crippen molar-refractivity contribution in [3.05, 3.63) is 66.0 Å². The summed E-state index contributed by atoms with van der Waals surface area (Å²) in [7, 11) is 0. The third-order valence-electron chi connectivity index (χ3n) is 3.32. The number of aromatic nitrogens is 2. The third kappa shape index (κ3) is 1.95. The van der Waals surface area contributed by atoms with Gasteiger partial charge >= 0.3 is 0 Å². The van der Waals surface area contributed by atoms with Gasteiger partial charge in [-0.2, -0.15) is 0 Å². The molecule has 0 atom stereocenters. The van der Waals surface area contributed by atoms with Gasteiger partial charge in [-0.1, -0.05) is 36.4 Å². The zero-order valence-corrected chi connectivity index (χ0v) is 11.1. The second-order valence-corrected chi connectivity index (χ2v) is 4.71. The normalized spacial score (nSPS) is 10.8. The van der Waals surface area contributed by atoms with Gasteiger partial charge in [-0.05, 0) is 11.6 Å². The molecule has 3 aromatic rings. The van der Waals surface area contributed by atoms with Crippen molar-refractivity contribution in [3.63, 3.8) is 0 Å². The molecule has 100 valence electrons. The van der Waals surface area contributed by atoms with Gasteiger partial charge in [-0.25, -0.2) is 8.97 Å². The molecule has 4 nitrogen and oxygen atoms in total. The number of carbonyl (C=O) groups excluding carboxylic acids is 1. The van der Waals surface area contributed by atoms with Gasteiger partial charge in [0.1, 0.15) is 12.4 Å². The molecule has 0 spiro atoms. The summed E-state index contributed by atoms with van der Waals surface area (Å²) in [6.07, 6.45) is 1.69. The largest absolute Gasteiger partial charge is 0.839 e. The number of carbonyl (C=O) groups is 1. The molecule has 0 fully saturated rings. The zero-order valence-electron chi connectivity index (χ0n) is 11.1. The molecule has 0 radical (unpaired) electrons. The van der Waals surface area contributed by atoms with E-state index in [-0.39, 0.29) is 17.4 Å². The molecular weight excluding hydrogens is 252 g/mol. The van der Waals surface area contributed by atoms with E-state index in [1.165, 1.54) is 11.3 Å². The lowest BCUT2D eigenvalue weighted by molar-refractivity contribution is -0.582. The van der Waals surface area contributed by atoms with Crippen LogP contribution >= 0.6 is 0 Å². The summed E-state index contributed by atoms with van der Waals surface area (Å²) in [6.45, 7) is 1.93. The van der Waals surface area contributed by atoms with Crippen LogP contribution in [0.15, 0.2) is 54.7 Å². The molecule has 0 aliphatic heterocycles. The number of ketones is 1. The van der Waals surface area contributed by atoms with Crippen molar-refractivity contribution in [1.82, 2.24) is 4.57 Å². The molecule has 0 saturated carbocycles. The Morgan fingerprint density at radius 3 is 2.55 bits per heavy atom. The predicted octanol–water partition coefficient (Wildman–Crippen LogP) is 1.55. The van der Waals surface area contributed by atoms with E-state index in [0.717, 1.165) is 11.2 Å². The fourth-order valence-electron chi connectivity index (χ4n) is 2.44. The lowest BCUT2D eigenvalue weighted by atomic mass is 10.2. The molecule has 3 rings (SSSR count). The van der Waals surface area contributed by atoms with Crippen molar-refractivity contribution >= 4 is 11.4 Å². The van der Waals surface area contributed by atoms with Crippen LogP contribution in [0.2, 0.25) is 0 Å². The van der Waals surface area contributed by atoms with Gasteiger partial charge < -0.3 is 5.11 Å². The van der Waals surface area contributed by atoms with Crippen LogP contribution < -0.4 is 9.51 Å². The Bertz CT molecular complexity index is 776. The van der Waals surface area contributed by atoms with Crippen molar-refractivity contribution in [3.8, 4) is 5.88 Å². The molecule has 0 aliphatic rings. The monoisotopic (exact) mass is 266 g/mol. The summed E-state index contributed by atoms with van der Waals surface area (Å²) >= 11 is 0. The number of Topliss-reactive ketones (excluding diaryl/α,β-unsaturated/α-hetero) is 1. The maximum atomic E-state index is 12.3. The SMILES string of the molecule is CC(=O)c1c([O-])[n+]2ccccc2n1Cc1ccccc1. The number of nitrogens with zero attached hydrogens (tertiary/aromatic N) is 2. The van der Waals surface area contributed by atoms with Crippen LogP contribution in [0.4, 0.5) is 0 Å². The Balaban J connectivity index is 2.22. The average molecular weight is 266 g/mol. The summed E-state index contributed by atoms with van der Waals surface area (Å²) in [5, 5.41) is 12.3. The molecular formula is C16H14N2O2. The van der Waals surface area contributed by atoms with Crippen LogP contribution in [-0.4, -0.2) is 10.4 Å². The molecule has 0 saturated heterocycles. The van der Waals surface area contributed by atoms with Crippen LogP contribution in [0.25, 0.3) is 5.65 Å². The van der Waals surface area contributed by atoms with E-state index < -0.39 is 0 Å². The quantitative estimate of drug-likeness (QED) is 0.533. The van der Waals surface area contributed by atoms with Gasteiger partial charge in [0.25, 0.3) is 5.65 Å². The fourth-order valence-corrected chi connectivity index (χ4v) is 2.44. The van der Waals surface area contributed by atoms with E-state index in [1.807, 2.05) is 42.5 Å². The first-order valence-electron chi connectivity index (χ1n) is 6.43. The van der Waals surface area contributed by atoms with Gasteiger partial charge in [0, 0.05) is 13.0 Å². The number of imidazole rings is 1. The Morgan fingerprint density at radius 2 is 1.85 bits per heavy atom. The lowest BCUT2D eigenvalue weighted by Crippen LogP contribution is -2.24. The second kappa shape index (κ2) is 4.81. The van der Waals surface area contributed by atoms with Crippen molar-refractivity contribution < 1.29 is 14.3 Å². The maximum absolute atomic E-state index is 12.3. The molecule has 0 amide bonds. The first-order chi connectivity index (χ1) is 9.68. The summed E-state index contributed by atoms with van der Waals surface area (Å²) in [5.41, 5.74) is 2.00. The minimum atomic E-state index is -0.260. The standard InChI is InChI=1S/C16H14N2O2/c1-12(19)15-16(20)17-10-6-5-9-14(17)18(15)11-13-7-3-2-4-8-13/h2-10H,11H2,1H3. The van der Waals surface area contributed by atoms with E-state index in [0.29, 0.717) is 6.54 Å². The summed E-state index contributed by atoms with van der Waals surface area (Å²) < 4.78 is 3.29. The highest BCUT2D eigenvalue weighted by Gasteiger charge is 2.23. The van der Waals surface area contributed by atoms with Crippen LogP contribution in [0, 0.1) is 0 Å². The smallest absolute Gasteiger partial charge is 0.286 e. The van der Waals surface area contributed by atoms with Crippen LogP contribution in [0.5, 0.6) is 5.88 Å². The van der Waals surface area contributed by atoms with Crippen LogP contribution in [0.1, 0.15) is 23.0 Å². The Hall–Kier alpha value is -2.62. The number of hydrogen-bond donors (Lipinski definition) is 0. The van der Waals surface area contributed by atoms with Crippen molar-refractivity contribution in [2.75, 3.05) is 0 Å². The summed E-state index contributed by atoms with van der Waals surface area (Å²) in [4.78, 5) is 11.8. The number of fused-ring (bicyclic) bond motifs is 1. The summed E-state index contributed by atoms with van der Waals surface area (Å²) in [5.74, 6) is -0.473. The summed E-state index contributed by atoms with van der Waals surface area (Å²) in [6, 6.07) is 15.3. The molecule has 2 aromatic heterocycles. The van der Waals surface area contributed by atoms with E-state index in [1.54, 1.807) is 16.8 Å². The van der Waals surface area contributed by atoms with Crippen LogP contribution in [0.3, 0.4) is 0 Å². The first kappa shape index (κ1) is 12.4. The highest BCUT2D eigenvalue weighted by molar-refractivity contribution is 5.94. The van der Waals surface area contributed by atoms with Crippen molar-refractivity contribution in [2.45, 2.75) is 13.5 Å². The lowest BCUT2D eigenvalue weighted by Gasteiger charge is -2.03. The van der Waals surface area contributed by atoms with Gasteiger partial charge in [0.2, 0.25) is 11.5 Å². The van der Waals surface area contributed by atoms with E-state index >= 15 is 0 Å². The van der Waals surface area contributed by atoms with E-state index in [4.69, 9.17) is 0 Å². The fraction of sp³-hybridized carbons (Fsp3) is 0.125. The van der Waals surface area contributed by atoms with Gasteiger partial charge in [-0.3, -0.25) is 4.79 Å². The Morgan fingerprint density at radius 1 is 1.15 bits per heavy atom. The minimum Gasteiger partial charge on any atom is -0.839 e. The molecule has 4 heteroatoms. The number of rotatable bonds is 3.